The van der Waals surface area contributed by atoms with E-state index in [4.69, 9.17) is 23.2 Å². The summed E-state index contributed by atoms with van der Waals surface area (Å²) < 4.78 is 1.92. The molecule has 0 bridgehead atoms. The predicted octanol–water partition coefficient (Wildman–Crippen LogP) is 4.64. The Bertz CT molecular complexity index is 1020. The first-order valence-corrected chi connectivity index (χ1v) is 7.68. The van der Waals surface area contributed by atoms with Gasteiger partial charge in [-0.15, -0.1) is 0 Å². The molecule has 1 aromatic carbocycles. The minimum absolute atomic E-state index is 0.414. The third-order valence-electron chi connectivity index (χ3n) is 3.67. The van der Waals surface area contributed by atoms with Gasteiger partial charge in [-0.3, -0.25) is 4.40 Å². The average Bonchev–Trinajstić information content (AvgIpc) is 3.01. The fraction of sp³-hybridized carbons (Fsp3) is 0.0625. The Morgan fingerprint density at radius 1 is 1.13 bits per heavy atom. The highest BCUT2D eigenvalue weighted by molar-refractivity contribution is 6.33. The van der Waals surface area contributed by atoms with Crippen LogP contribution in [0.5, 0.6) is 0 Å². The molecule has 0 aliphatic carbocycles. The smallest absolute Gasteiger partial charge is 0.157 e. The van der Waals surface area contributed by atoms with Crippen molar-refractivity contribution in [3.05, 3.63) is 58.7 Å². The summed E-state index contributed by atoms with van der Waals surface area (Å²) in [4.78, 5) is 13.0. The van der Waals surface area contributed by atoms with Gasteiger partial charge in [0.1, 0.15) is 16.2 Å². The lowest BCUT2D eigenvalue weighted by atomic mass is 10.2. The molecular weight excluding hydrogens is 333 g/mol. The molecule has 0 aliphatic heterocycles. The second-order valence-corrected chi connectivity index (χ2v) is 5.96. The van der Waals surface area contributed by atoms with E-state index >= 15 is 0 Å². The summed E-state index contributed by atoms with van der Waals surface area (Å²) in [6.45, 7) is 1.99. The fourth-order valence-corrected chi connectivity index (χ4v) is 2.95. The maximum absolute atomic E-state index is 6.30. The van der Waals surface area contributed by atoms with Crippen LogP contribution in [0.4, 0.5) is 11.5 Å². The van der Waals surface area contributed by atoms with Gasteiger partial charge in [0.05, 0.1) is 34.9 Å². The van der Waals surface area contributed by atoms with Crippen molar-refractivity contribution < 1.29 is 0 Å². The Morgan fingerprint density at radius 3 is 2.83 bits per heavy atom. The van der Waals surface area contributed by atoms with Crippen molar-refractivity contribution in [2.75, 3.05) is 5.32 Å². The van der Waals surface area contributed by atoms with Crippen LogP contribution in [0.25, 0.3) is 16.6 Å². The van der Waals surface area contributed by atoms with Crippen molar-refractivity contribution in [1.82, 2.24) is 19.4 Å². The molecule has 23 heavy (non-hydrogen) atoms. The Kier molecular flexibility index (Phi) is 3.32. The zero-order chi connectivity index (χ0) is 16.0. The number of aryl methyl sites for hydroxylation is 1. The molecule has 0 saturated carbocycles. The molecule has 0 fully saturated rings. The molecular formula is C16H11Cl2N5. The number of nitrogens with one attached hydrogen (secondary N) is 1. The van der Waals surface area contributed by atoms with Gasteiger partial charge in [-0.25, -0.2) is 15.0 Å². The van der Waals surface area contributed by atoms with E-state index in [0.717, 1.165) is 22.3 Å². The lowest BCUT2D eigenvalue weighted by molar-refractivity contribution is 1.17. The molecule has 1 N–H and O–H groups in total. The van der Waals surface area contributed by atoms with E-state index in [1.54, 1.807) is 24.8 Å². The van der Waals surface area contributed by atoms with Gasteiger partial charge in [-0.1, -0.05) is 35.3 Å². The number of para-hydroxylation sites is 1. The molecule has 5 nitrogen and oxygen atoms in total. The van der Waals surface area contributed by atoms with Gasteiger partial charge in [0.15, 0.2) is 5.82 Å². The third-order valence-corrected chi connectivity index (χ3v) is 4.19. The highest BCUT2D eigenvalue weighted by atomic mass is 35.5. The predicted molar refractivity (Wildman–Crippen MR) is 92.8 cm³/mol. The van der Waals surface area contributed by atoms with E-state index in [2.05, 4.69) is 20.3 Å². The van der Waals surface area contributed by atoms with Crippen LogP contribution in [0.15, 0.2) is 43.0 Å². The van der Waals surface area contributed by atoms with E-state index < -0.39 is 0 Å². The summed E-state index contributed by atoms with van der Waals surface area (Å²) in [5.74, 6) is 0.662. The van der Waals surface area contributed by atoms with Crippen molar-refractivity contribution in [2.45, 2.75) is 6.92 Å². The highest BCUT2D eigenvalue weighted by Gasteiger charge is 2.12. The molecule has 3 heterocycles. The van der Waals surface area contributed by atoms with Gasteiger partial charge in [-0.2, -0.15) is 0 Å². The molecule has 3 aromatic heterocycles. The molecule has 0 atom stereocenters. The number of hydrogen-bond acceptors (Lipinski definition) is 4. The van der Waals surface area contributed by atoms with Crippen LogP contribution >= 0.6 is 23.2 Å². The van der Waals surface area contributed by atoms with Crippen LogP contribution in [0.2, 0.25) is 10.2 Å². The quantitative estimate of drug-likeness (QED) is 0.539. The molecule has 0 aliphatic rings. The Balaban J connectivity index is 1.96. The SMILES string of the molecule is Cc1cccc(Cl)c1Nc1nc2cnc(Cl)cc2n2cncc12. The van der Waals surface area contributed by atoms with Crippen LogP contribution < -0.4 is 5.32 Å². The fourth-order valence-electron chi connectivity index (χ4n) is 2.53. The van der Waals surface area contributed by atoms with Crippen LogP contribution in [0.3, 0.4) is 0 Å². The van der Waals surface area contributed by atoms with Crippen LogP contribution in [0.1, 0.15) is 5.56 Å². The van der Waals surface area contributed by atoms with Crippen molar-refractivity contribution in [2.24, 2.45) is 0 Å². The summed E-state index contributed by atoms with van der Waals surface area (Å²) >= 11 is 12.3. The standard InChI is InChI=1S/C16H11Cl2N5/c1-9-3-2-4-10(17)15(9)22-16-13-7-19-8-23(13)12-5-14(18)20-6-11(12)21-16/h2-8H,1H3,(H,21,22). The number of pyridine rings is 1. The van der Waals surface area contributed by atoms with Crippen LogP contribution in [0, 0.1) is 6.92 Å². The normalized spacial score (nSPS) is 11.3. The second kappa shape index (κ2) is 5.37. The van der Waals surface area contributed by atoms with Gasteiger partial charge >= 0.3 is 0 Å². The van der Waals surface area contributed by atoms with E-state index in [0.29, 0.717) is 21.5 Å². The molecule has 114 valence electrons. The van der Waals surface area contributed by atoms with Crippen molar-refractivity contribution >= 4 is 51.3 Å². The van der Waals surface area contributed by atoms with Gasteiger partial charge in [0.25, 0.3) is 0 Å². The molecule has 4 aromatic rings. The molecule has 4 rings (SSSR count). The molecule has 0 unspecified atom stereocenters. The van der Waals surface area contributed by atoms with Crippen molar-refractivity contribution in [3.8, 4) is 0 Å². The Labute approximate surface area is 141 Å². The number of fused-ring (bicyclic) bond motifs is 3. The summed E-state index contributed by atoms with van der Waals surface area (Å²) in [7, 11) is 0. The van der Waals surface area contributed by atoms with Crippen molar-refractivity contribution in [3.63, 3.8) is 0 Å². The zero-order valence-corrected chi connectivity index (χ0v) is 13.6. The summed E-state index contributed by atoms with van der Waals surface area (Å²) in [6.07, 6.45) is 5.11. The maximum Gasteiger partial charge on any atom is 0.157 e. The minimum Gasteiger partial charge on any atom is -0.337 e. The number of rotatable bonds is 2. The Morgan fingerprint density at radius 2 is 2.00 bits per heavy atom. The maximum atomic E-state index is 6.30. The van der Waals surface area contributed by atoms with Gasteiger partial charge in [0.2, 0.25) is 0 Å². The second-order valence-electron chi connectivity index (χ2n) is 5.16. The van der Waals surface area contributed by atoms with E-state index in [9.17, 15) is 0 Å². The highest BCUT2D eigenvalue weighted by Crippen LogP contribution is 2.31. The summed E-state index contributed by atoms with van der Waals surface area (Å²) in [5, 5.41) is 4.36. The molecule has 7 heteroatoms. The zero-order valence-electron chi connectivity index (χ0n) is 12.1. The number of imidazole rings is 1. The molecule has 0 spiro atoms. The lowest BCUT2D eigenvalue weighted by Gasteiger charge is -2.13. The number of hydrogen-bond donors (Lipinski definition) is 1. The largest absolute Gasteiger partial charge is 0.337 e. The number of aromatic nitrogens is 4. The van der Waals surface area contributed by atoms with Gasteiger partial charge in [-0.05, 0) is 18.6 Å². The molecule has 0 saturated heterocycles. The minimum atomic E-state index is 0.414. The van der Waals surface area contributed by atoms with Gasteiger partial charge < -0.3 is 5.32 Å². The number of halogens is 2. The first-order valence-electron chi connectivity index (χ1n) is 6.93. The van der Waals surface area contributed by atoms with E-state index in [1.807, 2.05) is 29.5 Å². The first kappa shape index (κ1) is 14.2. The lowest BCUT2D eigenvalue weighted by Crippen LogP contribution is -2.01. The monoisotopic (exact) mass is 343 g/mol. The van der Waals surface area contributed by atoms with E-state index in [-0.39, 0.29) is 0 Å². The van der Waals surface area contributed by atoms with Gasteiger partial charge in [0, 0.05) is 6.07 Å². The average molecular weight is 344 g/mol. The summed E-state index contributed by atoms with van der Waals surface area (Å²) in [6, 6.07) is 7.51. The van der Waals surface area contributed by atoms with Crippen molar-refractivity contribution in [1.29, 1.82) is 0 Å². The molecule has 0 amide bonds. The van der Waals surface area contributed by atoms with Crippen LogP contribution in [-0.4, -0.2) is 19.4 Å². The number of benzene rings is 1. The Hall–Kier alpha value is -2.37. The summed E-state index contributed by atoms with van der Waals surface area (Å²) in [5.41, 5.74) is 4.25. The van der Waals surface area contributed by atoms with Crippen LogP contribution in [-0.2, 0) is 0 Å². The number of anilines is 2. The first-order chi connectivity index (χ1) is 11.1. The topological polar surface area (TPSA) is 55.1 Å². The van der Waals surface area contributed by atoms with E-state index in [1.165, 1.54) is 0 Å². The molecule has 0 radical (unpaired) electrons. The third kappa shape index (κ3) is 2.38. The number of nitrogens with zero attached hydrogens (tertiary/aromatic N) is 4.